The molecule has 1 aromatic rings. The number of aryl methyl sites for hydroxylation is 1. The van der Waals surface area contributed by atoms with E-state index in [0.29, 0.717) is 12.7 Å². The minimum Gasteiger partial charge on any atom is -0.370 e. The predicted molar refractivity (Wildman–Crippen MR) is 61.0 cm³/mol. The number of hydrogen-bond donors (Lipinski definition) is 1. The van der Waals surface area contributed by atoms with Crippen molar-refractivity contribution in [1.82, 2.24) is 20.1 Å². The summed E-state index contributed by atoms with van der Waals surface area (Å²) in [4.78, 5) is 0. The number of rotatable bonds is 5. The fourth-order valence-electron chi connectivity index (χ4n) is 1.97. The molecule has 0 aliphatic carbocycles. The normalized spacial score (nSPS) is 17.8. The first kappa shape index (κ1) is 11.5. The first-order valence-corrected chi connectivity index (χ1v) is 6.09. The molecular weight excluding hydrogens is 204 g/mol. The van der Waals surface area contributed by atoms with Gasteiger partial charge in [-0.1, -0.05) is 6.92 Å². The summed E-state index contributed by atoms with van der Waals surface area (Å²) in [6, 6.07) is 0. The summed E-state index contributed by atoms with van der Waals surface area (Å²) >= 11 is 0. The van der Waals surface area contributed by atoms with Gasteiger partial charge in [0.05, 0.1) is 6.10 Å². The van der Waals surface area contributed by atoms with Gasteiger partial charge in [0.15, 0.2) is 5.82 Å². The van der Waals surface area contributed by atoms with Crippen LogP contribution >= 0.6 is 0 Å². The molecule has 1 aliphatic heterocycles. The number of hydrogen-bond acceptors (Lipinski definition) is 4. The van der Waals surface area contributed by atoms with E-state index in [1.807, 2.05) is 0 Å². The van der Waals surface area contributed by atoms with Crippen molar-refractivity contribution >= 4 is 0 Å². The van der Waals surface area contributed by atoms with Crippen molar-refractivity contribution in [3.8, 4) is 0 Å². The molecule has 2 heterocycles. The second-order valence-corrected chi connectivity index (χ2v) is 4.20. The van der Waals surface area contributed by atoms with Crippen molar-refractivity contribution in [2.75, 3.05) is 13.1 Å². The van der Waals surface area contributed by atoms with Crippen molar-refractivity contribution in [3.05, 3.63) is 12.2 Å². The van der Waals surface area contributed by atoms with E-state index in [0.717, 1.165) is 44.7 Å². The van der Waals surface area contributed by atoms with Gasteiger partial charge in [0.1, 0.15) is 12.9 Å². The van der Waals surface area contributed by atoms with Crippen molar-refractivity contribution in [1.29, 1.82) is 0 Å². The summed E-state index contributed by atoms with van der Waals surface area (Å²) in [7, 11) is 0. The molecule has 0 amide bonds. The maximum Gasteiger partial charge on any atom is 0.158 e. The minimum atomic E-state index is 0.382. The molecule has 5 heteroatoms. The lowest BCUT2D eigenvalue weighted by molar-refractivity contribution is 0.0163. The van der Waals surface area contributed by atoms with Gasteiger partial charge in [-0.3, -0.25) is 0 Å². The fraction of sp³-hybridized carbons (Fsp3) is 0.818. The van der Waals surface area contributed by atoms with E-state index in [1.165, 1.54) is 0 Å². The summed E-state index contributed by atoms with van der Waals surface area (Å²) in [5, 5.41) is 11.3. The lowest BCUT2D eigenvalue weighted by Gasteiger charge is -2.22. The molecule has 16 heavy (non-hydrogen) atoms. The lowest BCUT2D eigenvalue weighted by Crippen LogP contribution is -2.32. The highest BCUT2D eigenvalue weighted by atomic mass is 16.5. The van der Waals surface area contributed by atoms with Crippen LogP contribution in [0.5, 0.6) is 0 Å². The Balaban J connectivity index is 1.81. The van der Waals surface area contributed by atoms with Crippen LogP contribution in [0.1, 0.15) is 32.0 Å². The summed E-state index contributed by atoms with van der Waals surface area (Å²) in [6.45, 7) is 5.83. The molecule has 0 radical (unpaired) electrons. The fourth-order valence-corrected chi connectivity index (χ4v) is 1.97. The van der Waals surface area contributed by atoms with E-state index >= 15 is 0 Å². The summed E-state index contributed by atoms with van der Waals surface area (Å²) < 4.78 is 7.92. The van der Waals surface area contributed by atoms with E-state index in [-0.39, 0.29) is 0 Å². The second-order valence-electron chi connectivity index (χ2n) is 4.20. The molecule has 1 aromatic heterocycles. The van der Waals surface area contributed by atoms with Crippen molar-refractivity contribution in [2.45, 2.75) is 45.4 Å². The van der Waals surface area contributed by atoms with E-state index in [1.54, 1.807) is 6.33 Å². The average Bonchev–Trinajstić information content (AvgIpc) is 2.76. The van der Waals surface area contributed by atoms with Crippen LogP contribution in [-0.4, -0.2) is 34.0 Å². The molecule has 2 rings (SSSR count). The summed E-state index contributed by atoms with van der Waals surface area (Å²) in [6.07, 6.45) is 5.46. The number of nitrogens with zero attached hydrogens (tertiary/aromatic N) is 3. The highest BCUT2D eigenvalue weighted by Gasteiger charge is 2.14. The van der Waals surface area contributed by atoms with Crippen LogP contribution in [0.15, 0.2) is 6.33 Å². The highest BCUT2D eigenvalue weighted by molar-refractivity contribution is 4.83. The third kappa shape index (κ3) is 3.02. The molecule has 0 spiro atoms. The zero-order valence-corrected chi connectivity index (χ0v) is 9.85. The molecule has 0 unspecified atom stereocenters. The largest absolute Gasteiger partial charge is 0.370 e. The molecule has 90 valence electrons. The van der Waals surface area contributed by atoms with Crippen LogP contribution in [-0.2, 0) is 17.9 Å². The van der Waals surface area contributed by atoms with Crippen LogP contribution in [0.2, 0.25) is 0 Å². The third-order valence-electron chi connectivity index (χ3n) is 2.89. The Morgan fingerprint density at radius 1 is 1.50 bits per heavy atom. The van der Waals surface area contributed by atoms with Gasteiger partial charge in [-0.25, -0.2) is 0 Å². The molecular formula is C11H20N4O. The molecule has 0 aromatic carbocycles. The quantitative estimate of drug-likeness (QED) is 0.809. The van der Waals surface area contributed by atoms with Gasteiger partial charge < -0.3 is 14.6 Å². The van der Waals surface area contributed by atoms with Crippen LogP contribution in [0.25, 0.3) is 0 Å². The number of ether oxygens (including phenoxy) is 1. The van der Waals surface area contributed by atoms with Crippen LogP contribution in [0.4, 0.5) is 0 Å². The standard InChI is InChI=1S/C11H20N4O/c1-2-7-15-9-13-14-11(15)8-16-10-3-5-12-6-4-10/h9-10,12H,2-8H2,1H3. The first-order chi connectivity index (χ1) is 7.90. The highest BCUT2D eigenvalue weighted by Crippen LogP contribution is 2.10. The summed E-state index contributed by atoms with van der Waals surface area (Å²) in [5.41, 5.74) is 0. The van der Waals surface area contributed by atoms with E-state index in [4.69, 9.17) is 4.74 Å². The Labute approximate surface area is 96.2 Å². The van der Waals surface area contributed by atoms with Crippen molar-refractivity contribution < 1.29 is 4.74 Å². The average molecular weight is 224 g/mol. The van der Waals surface area contributed by atoms with Crippen LogP contribution in [0.3, 0.4) is 0 Å². The molecule has 0 atom stereocenters. The van der Waals surface area contributed by atoms with E-state index < -0.39 is 0 Å². The Morgan fingerprint density at radius 3 is 3.06 bits per heavy atom. The maximum atomic E-state index is 5.85. The smallest absolute Gasteiger partial charge is 0.158 e. The first-order valence-electron chi connectivity index (χ1n) is 6.09. The maximum absolute atomic E-state index is 5.85. The minimum absolute atomic E-state index is 0.382. The molecule has 5 nitrogen and oxygen atoms in total. The molecule has 1 saturated heterocycles. The third-order valence-corrected chi connectivity index (χ3v) is 2.89. The Morgan fingerprint density at radius 2 is 2.31 bits per heavy atom. The number of aromatic nitrogens is 3. The van der Waals surface area contributed by atoms with Gasteiger partial charge >= 0.3 is 0 Å². The lowest BCUT2D eigenvalue weighted by atomic mass is 10.1. The monoisotopic (exact) mass is 224 g/mol. The van der Waals surface area contributed by atoms with E-state index in [9.17, 15) is 0 Å². The van der Waals surface area contributed by atoms with Gasteiger partial charge in [-0.05, 0) is 32.4 Å². The number of piperidine rings is 1. The second kappa shape index (κ2) is 5.96. The van der Waals surface area contributed by atoms with Crippen molar-refractivity contribution in [2.24, 2.45) is 0 Å². The van der Waals surface area contributed by atoms with Crippen LogP contribution < -0.4 is 5.32 Å². The Kier molecular flexibility index (Phi) is 4.30. The molecule has 0 saturated carbocycles. The zero-order valence-electron chi connectivity index (χ0n) is 9.85. The summed E-state index contributed by atoms with van der Waals surface area (Å²) in [5.74, 6) is 0.945. The van der Waals surface area contributed by atoms with Crippen LogP contribution in [0, 0.1) is 0 Å². The molecule has 1 fully saturated rings. The van der Waals surface area contributed by atoms with Gasteiger partial charge in [-0.15, -0.1) is 10.2 Å². The zero-order chi connectivity index (χ0) is 11.2. The van der Waals surface area contributed by atoms with Gasteiger partial charge in [-0.2, -0.15) is 0 Å². The Bertz CT molecular complexity index is 307. The molecule has 1 N–H and O–H groups in total. The van der Waals surface area contributed by atoms with E-state index in [2.05, 4.69) is 27.0 Å². The SMILES string of the molecule is CCCn1cnnc1COC1CCNCC1. The molecule has 0 bridgehead atoms. The Hall–Kier alpha value is -0.940. The predicted octanol–water partition coefficient (Wildman–Crippen LogP) is 0.957. The molecule has 1 aliphatic rings. The number of nitrogens with one attached hydrogen (secondary N) is 1. The topological polar surface area (TPSA) is 52.0 Å². The van der Waals surface area contributed by atoms with Gasteiger partial charge in [0.2, 0.25) is 0 Å². The van der Waals surface area contributed by atoms with Crippen molar-refractivity contribution in [3.63, 3.8) is 0 Å². The van der Waals surface area contributed by atoms with Gasteiger partial charge in [0, 0.05) is 6.54 Å². The van der Waals surface area contributed by atoms with Gasteiger partial charge in [0.25, 0.3) is 0 Å².